The van der Waals surface area contributed by atoms with Gasteiger partial charge in [-0.3, -0.25) is 4.79 Å². The molecule has 1 aliphatic heterocycles. The summed E-state index contributed by atoms with van der Waals surface area (Å²) in [5.41, 5.74) is 4.34. The molecule has 3 rings (SSSR count). The van der Waals surface area contributed by atoms with E-state index in [1.165, 1.54) is 18.1 Å². The Bertz CT molecular complexity index is 886. The molecule has 1 aliphatic rings. The molecule has 2 aromatic carbocycles. The van der Waals surface area contributed by atoms with Crippen LogP contribution in [0.15, 0.2) is 53.5 Å². The second-order valence-corrected chi connectivity index (χ2v) is 8.06. The third-order valence-corrected chi connectivity index (χ3v) is 5.39. The van der Waals surface area contributed by atoms with Crippen LogP contribution in [0.25, 0.3) is 0 Å². The second kappa shape index (κ2) is 13.4. The van der Waals surface area contributed by atoms with Crippen molar-refractivity contribution in [3.05, 3.63) is 65.2 Å². The molecular weight excluding hydrogens is 515 g/mol. The number of benzene rings is 2. The van der Waals surface area contributed by atoms with E-state index in [0.29, 0.717) is 12.5 Å². The lowest BCUT2D eigenvalue weighted by Gasteiger charge is -2.32. The molecule has 7 heteroatoms. The summed E-state index contributed by atoms with van der Waals surface area (Å²) in [4.78, 5) is 16.0. The highest BCUT2D eigenvalue weighted by Gasteiger charge is 2.27. The van der Waals surface area contributed by atoms with Crippen molar-refractivity contribution in [1.82, 2.24) is 10.6 Å². The largest absolute Gasteiger partial charge is 0.373 e. The molecule has 1 saturated heterocycles. The number of halogens is 1. The van der Waals surface area contributed by atoms with Crippen LogP contribution in [-0.2, 0) is 16.1 Å². The summed E-state index contributed by atoms with van der Waals surface area (Å²) in [7, 11) is 0. The van der Waals surface area contributed by atoms with Gasteiger partial charge in [-0.2, -0.15) is 0 Å². The summed E-state index contributed by atoms with van der Waals surface area (Å²) in [5.74, 6) is 1.11. The van der Waals surface area contributed by atoms with Crippen LogP contribution >= 0.6 is 24.0 Å². The molecule has 2 aromatic rings. The predicted octanol–water partition coefficient (Wildman–Crippen LogP) is 4.79. The molecule has 0 spiro atoms. The first kappa shape index (κ1) is 26.1. The Labute approximate surface area is 208 Å². The van der Waals surface area contributed by atoms with Crippen molar-refractivity contribution in [1.29, 1.82) is 0 Å². The summed E-state index contributed by atoms with van der Waals surface area (Å²) in [6.45, 7) is 8.62. The van der Waals surface area contributed by atoms with E-state index in [0.717, 1.165) is 49.7 Å². The maximum atomic E-state index is 11.3. The summed E-state index contributed by atoms with van der Waals surface area (Å²) in [6.07, 6.45) is 2.32. The highest BCUT2D eigenvalue weighted by atomic mass is 127. The number of amides is 1. The number of nitrogens with zero attached hydrogens (tertiary/aromatic N) is 1. The Kier molecular flexibility index (Phi) is 11.0. The second-order valence-electron chi connectivity index (χ2n) is 8.06. The Hall–Kier alpha value is -2.13. The number of aliphatic imine (C=N–C) groups is 1. The van der Waals surface area contributed by atoms with Gasteiger partial charge in [-0.15, -0.1) is 24.0 Å². The maximum absolute atomic E-state index is 11.3. The highest BCUT2D eigenvalue weighted by molar-refractivity contribution is 14.0. The lowest BCUT2D eigenvalue weighted by atomic mass is 9.89. The molecule has 32 heavy (non-hydrogen) atoms. The molecule has 1 fully saturated rings. The van der Waals surface area contributed by atoms with Crippen LogP contribution in [0, 0.1) is 12.8 Å². The van der Waals surface area contributed by atoms with Gasteiger partial charge < -0.3 is 20.7 Å². The van der Waals surface area contributed by atoms with Gasteiger partial charge >= 0.3 is 0 Å². The highest BCUT2D eigenvalue weighted by Crippen LogP contribution is 2.33. The predicted molar refractivity (Wildman–Crippen MR) is 142 cm³/mol. The molecule has 0 saturated carbocycles. The maximum Gasteiger partial charge on any atom is 0.221 e. The first-order chi connectivity index (χ1) is 15.0. The van der Waals surface area contributed by atoms with E-state index in [1.807, 2.05) is 24.3 Å². The van der Waals surface area contributed by atoms with Gasteiger partial charge in [0.05, 0.1) is 12.6 Å². The lowest BCUT2D eigenvalue weighted by molar-refractivity contribution is -0.114. The number of nitrogens with one attached hydrogen (secondary N) is 3. The number of hydrogen-bond acceptors (Lipinski definition) is 3. The van der Waals surface area contributed by atoms with Crippen molar-refractivity contribution in [2.45, 2.75) is 46.3 Å². The van der Waals surface area contributed by atoms with Crippen molar-refractivity contribution in [3.63, 3.8) is 0 Å². The fourth-order valence-corrected chi connectivity index (χ4v) is 3.87. The van der Waals surface area contributed by atoms with Crippen molar-refractivity contribution in [2.75, 3.05) is 25.0 Å². The van der Waals surface area contributed by atoms with Crippen molar-refractivity contribution >= 4 is 41.5 Å². The quantitative estimate of drug-likeness (QED) is 0.263. The molecule has 3 N–H and O–H groups in total. The first-order valence-corrected chi connectivity index (χ1v) is 11.1. The third kappa shape index (κ3) is 8.09. The van der Waals surface area contributed by atoms with Crippen LogP contribution < -0.4 is 16.0 Å². The minimum absolute atomic E-state index is 0. The molecule has 174 valence electrons. The lowest BCUT2D eigenvalue weighted by Crippen LogP contribution is -2.42. The molecule has 0 aliphatic carbocycles. The molecular formula is C25H35IN4O2. The van der Waals surface area contributed by atoms with E-state index in [4.69, 9.17) is 9.73 Å². The number of carbonyl (C=O) groups is 1. The van der Waals surface area contributed by atoms with Crippen LogP contribution in [0.5, 0.6) is 0 Å². The summed E-state index contributed by atoms with van der Waals surface area (Å²) in [5, 5.41) is 9.65. The molecule has 2 atom stereocenters. The zero-order valence-corrected chi connectivity index (χ0v) is 21.5. The average Bonchev–Trinajstić information content (AvgIpc) is 2.76. The SMILES string of the molecule is CCNC(=NCc1cccc(NC(C)=O)c1)NCC1CCCOC1c1ccc(C)cc1.I. The van der Waals surface area contributed by atoms with E-state index in [2.05, 4.69) is 54.1 Å². The van der Waals surface area contributed by atoms with Crippen LogP contribution in [0.4, 0.5) is 5.69 Å². The van der Waals surface area contributed by atoms with E-state index >= 15 is 0 Å². The fraction of sp³-hybridized carbons (Fsp3) is 0.440. The van der Waals surface area contributed by atoms with Crippen molar-refractivity contribution in [3.8, 4) is 0 Å². The van der Waals surface area contributed by atoms with Crippen LogP contribution in [0.2, 0.25) is 0 Å². The monoisotopic (exact) mass is 550 g/mol. The van der Waals surface area contributed by atoms with Gasteiger partial charge in [-0.05, 0) is 49.9 Å². The summed E-state index contributed by atoms with van der Waals surface area (Å²) < 4.78 is 6.15. The Balaban J connectivity index is 0.00000363. The normalized spacial score (nSPS) is 18.4. The molecule has 1 amide bonds. The van der Waals surface area contributed by atoms with Gasteiger partial charge in [-0.1, -0.05) is 42.0 Å². The smallest absolute Gasteiger partial charge is 0.221 e. The standard InChI is InChI=1S/C25H34N4O2.HI/c1-4-26-25(27-16-20-7-5-9-23(15-20)29-19(3)30)28-17-22-8-6-14-31-24(22)21-12-10-18(2)11-13-21;/h5,7,9-13,15,22,24H,4,6,8,14,16-17H2,1-3H3,(H,29,30)(H2,26,27,28);1H. The van der Waals surface area contributed by atoms with E-state index < -0.39 is 0 Å². The van der Waals surface area contributed by atoms with Crippen LogP contribution in [0.1, 0.15) is 49.5 Å². The minimum Gasteiger partial charge on any atom is -0.373 e. The van der Waals surface area contributed by atoms with E-state index in [1.54, 1.807) is 0 Å². The fourth-order valence-electron chi connectivity index (χ4n) is 3.87. The van der Waals surface area contributed by atoms with Gasteiger partial charge in [0.25, 0.3) is 0 Å². The van der Waals surface area contributed by atoms with Gasteiger partial charge in [0.15, 0.2) is 5.96 Å². The number of carbonyl (C=O) groups excluding carboxylic acids is 1. The van der Waals surface area contributed by atoms with Gasteiger partial charge in [0.2, 0.25) is 5.91 Å². The first-order valence-electron chi connectivity index (χ1n) is 11.1. The topological polar surface area (TPSA) is 74.8 Å². The summed E-state index contributed by atoms with van der Waals surface area (Å²) in [6, 6.07) is 16.4. The van der Waals surface area contributed by atoms with Crippen LogP contribution in [0.3, 0.4) is 0 Å². The van der Waals surface area contributed by atoms with Crippen molar-refractivity contribution < 1.29 is 9.53 Å². The Morgan fingerprint density at radius 2 is 1.94 bits per heavy atom. The minimum atomic E-state index is -0.0755. The Morgan fingerprint density at radius 1 is 1.16 bits per heavy atom. The zero-order chi connectivity index (χ0) is 22.1. The number of guanidine groups is 1. The van der Waals surface area contributed by atoms with E-state index in [9.17, 15) is 4.79 Å². The number of ether oxygens (including phenoxy) is 1. The molecule has 0 radical (unpaired) electrons. The molecule has 6 nitrogen and oxygen atoms in total. The zero-order valence-electron chi connectivity index (χ0n) is 19.2. The van der Waals surface area contributed by atoms with E-state index in [-0.39, 0.29) is 36.0 Å². The number of anilines is 1. The number of rotatable bonds is 7. The summed E-state index contributed by atoms with van der Waals surface area (Å²) >= 11 is 0. The molecule has 1 heterocycles. The molecule has 0 aromatic heterocycles. The Morgan fingerprint density at radius 3 is 2.66 bits per heavy atom. The van der Waals surface area contributed by atoms with Crippen molar-refractivity contribution in [2.24, 2.45) is 10.9 Å². The number of hydrogen-bond donors (Lipinski definition) is 3. The van der Waals surface area contributed by atoms with Crippen LogP contribution in [-0.4, -0.2) is 31.6 Å². The molecule has 2 unspecified atom stereocenters. The third-order valence-electron chi connectivity index (χ3n) is 5.39. The average molecular weight is 550 g/mol. The van der Waals surface area contributed by atoms with Gasteiger partial charge in [-0.25, -0.2) is 4.99 Å². The number of aryl methyl sites for hydroxylation is 1. The molecule has 0 bridgehead atoms. The van der Waals surface area contributed by atoms with Gasteiger partial charge in [0.1, 0.15) is 0 Å². The van der Waals surface area contributed by atoms with Gasteiger partial charge in [0, 0.05) is 38.2 Å².